The Morgan fingerprint density at radius 3 is 2.95 bits per heavy atom. The number of fused-ring (bicyclic) bond motifs is 1. The monoisotopic (exact) mass is 322 g/mol. The Morgan fingerprint density at radius 1 is 1.33 bits per heavy atom. The van der Waals surface area contributed by atoms with Gasteiger partial charge in [-0.05, 0) is 31.1 Å². The molecule has 1 aliphatic heterocycles. The van der Waals surface area contributed by atoms with Crippen molar-refractivity contribution in [2.75, 3.05) is 28.7 Å². The van der Waals surface area contributed by atoms with Gasteiger partial charge in [-0.25, -0.2) is 4.98 Å². The van der Waals surface area contributed by atoms with Crippen molar-refractivity contribution in [3.8, 4) is 0 Å². The second-order valence-corrected chi connectivity index (χ2v) is 7.58. The van der Waals surface area contributed by atoms with Crippen molar-refractivity contribution in [1.29, 1.82) is 0 Å². The minimum Gasteiger partial charge on any atom is -0.366 e. The number of thiophene rings is 1. The quantitative estimate of drug-likeness (QED) is 0.842. The van der Waals surface area contributed by atoms with Gasteiger partial charge in [0.25, 0.3) is 0 Å². The van der Waals surface area contributed by atoms with Crippen LogP contribution in [0.5, 0.6) is 0 Å². The van der Waals surface area contributed by atoms with Gasteiger partial charge in [0.15, 0.2) is 0 Å². The lowest BCUT2D eigenvalue weighted by atomic mass is 10.2. The van der Waals surface area contributed by atoms with E-state index in [-0.39, 0.29) is 0 Å². The third-order valence-electron chi connectivity index (χ3n) is 3.60. The smallest absolute Gasteiger partial charge is 0.226 e. The standard InChI is InChI=1S/C15H22N4S2/c1-3-6-16-15-18-13(17-10-5-7-20-9-10)12-8-11(4-2)21-14(12)19-15/h8,10H,3-7,9H2,1-2H3,(H2,16,17,18,19). The van der Waals surface area contributed by atoms with E-state index in [1.165, 1.54) is 28.2 Å². The van der Waals surface area contributed by atoms with Crippen molar-refractivity contribution >= 4 is 45.1 Å². The SMILES string of the molecule is CCCNc1nc(NC2CCSC2)c2cc(CC)sc2n1. The Balaban J connectivity index is 1.94. The number of aromatic nitrogens is 2. The summed E-state index contributed by atoms with van der Waals surface area (Å²) in [5.74, 6) is 4.18. The van der Waals surface area contributed by atoms with E-state index in [0.717, 1.165) is 36.0 Å². The van der Waals surface area contributed by atoms with E-state index in [4.69, 9.17) is 4.98 Å². The van der Waals surface area contributed by atoms with E-state index >= 15 is 0 Å². The Kier molecular flexibility index (Phi) is 4.85. The van der Waals surface area contributed by atoms with Crippen molar-refractivity contribution in [1.82, 2.24) is 9.97 Å². The predicted octanol–water partition coefficient (Wildman–Crippen LogP) is 3.99. The number of thioether (sulfide) groups is 1. The zero-order valence-electron chi connectivity index (χ0n) is 12.6. The van der Waals surface area contributed by atoms with Crippen LogP contribution in [-0.2, 0) is 6.42 Å². The molecule has 3 rings (SSSR count). The van der Waals surface area contributed by atoms with Crippen LogP contribution in [0.1, 0.15) is 31.6 Å². The maximum Gasteiger partial charge on any atom is 0.226 e. The first kappa shape index (κ1) is 14.9. The van der Waals surface area contributed by atoms with Crippen molar-refractivity contribution in [3.05, 3.63) is 10.9 Å². The van der Waals surface area contributed by atoms with E-state index in [1.54, 1.807) is 11.3 Å². The Bertz CT molecular complexity index is 605. The molecule has 2 N–H and O–H groups in total. The molecule has 2 aromatic rings. The van der Waals surface area contributed by atoms with Gasteiger partial charge in [0.2, 0.25) is 5.95 Å². The molecule has 1 unspecified atom stereocenters. The average Bonchev–Trinajstić information content (AvgIpc) is 3.13. The van der Waals surface area contributed by atoms with Gasteiger partial charge in [-0.3, -0.25) is 0 Å². The molecule has 1 aliphatic rings. The summed E-state index contributed by atoms with van der Waals surface area (Å²) >= 11 is 3.80. The van der Waals surface area contributed by atoms with Gasteiger partial charge < -0.3 is 10.6 Å². The van der Waals surface area contributed by atoms with E-state index < -0.39 is 0 Å². The minimum absolute atomic E-state index is 0.539. The number of nitrogens with zero attached hydrogens (tertiary/aromatic N) is 2. The largest absolute Gasteiger partial charge is 0.366 e. The number of hydrogen-bond acceptors (Lipinski definition) is 6. The first-order valence-corrected chi connectivity index (χ1v) is 9.66. The number of nitrogens with one attached hydrogen (secondary N) is 2. The zero-order chi connectivity index (χ0) is 14.7. The van der Waals surface area contributed by atoms with E-state index in [2.05, 4.69) is 35.5 Å². The molecule has 1 fully saturated rings. The highest BCUT2D eigenvalue weighted by Crippen LogP contribution is 2.32. The van der Waals surface area contributed by atoms with Crippen LogP contribution in [0.3, 0.4) is 0 Å². The summed E-state index contributed by atoms with van der Waals surface area (Å²) in [6.07, 6.45) is 3.35. The van der Waals surface area contributed by atoms with Gasteiger partial charge in [-0.2, -0.15) is 16.7 Å². The van der Waals surface area contributed by atoms with Crippen LogP contribution in [0.15, 0.2) is 6.07 Å². The summed E-state index contributed by atoms with van der Waals surface area (Å²) < 4.78 is 0. The molecule has 0 aliphatic carbocycles. The maximum absolute atomic E-state index is 4.71. The molecule has 0 aromatic carbocycles. The minimum atomic E-state index is 0.539. The molecule has 0 radical (unpaired) electrons. The first-order valence-electron chi connectivity index (χ1n) is 7.68. The van der Waals surface area contributed by atoms with Crippen LogP contribution in [-0.4, -0.2) is 34.1 Å². The summed E-state index contributed by atoms with van der Waals surface area (Å²) in [6, 6.07) is 2.78. The summed E-state index contributed by atoms with van der Waals surface area (Å²) in [4.78, 5) is 11.8. The molecule has 114 valence electrons. The second-order valence-electron chi connectivity index (χ2n) is 5.31. The normalized spacial score (nSPS) is 18.3. The molecule has 0 bridgehead atoms. The second kappa shape index (κ2) is 6.83. The molecular weight excluding hydrogens is 300 g/mol. The van der Waals surface area contributed by atoms with Crippen molar-refractivity contribution in [2.45, 2.75) is 39.2 Å². The first-order chi connectivity index (χ1) is 10.3. The summed E-state index contributed by atoms with van der Waals surface area (Å²) in [5, 5.41) is 8.13. The fourth-order valence-corrected chi connectivity index (χ4v) is 4.53. The fraction of sp³-hybridized carbons (Fsp3) is 0.600. The number of hydrogen-bond donors (Lipinski definition) is 2. The molecule has 3 heterocycles. The molecular formula is C15H22N4S2. The highest BCUT2D eigenvalue weighted by atomic mass is 32.2. The fourth-order valence-electron chi connectivity index (χ4n) is 2.41. The van der Waals surface area contributed by atoms with Crippen LogP contribution in [0, 0.1) is 0 Å². The lowest BCUT2D eigenvalue weighted by Gasteiger charge is -2.14. The summed E-state index contributed by atoms with van der Waals surface area (Å²) in [5.41, 5.74) is 0. The van der Waals surface area contributed by atoms with Gasteiger partial charge in [0.1, 0.15) is 10.6 Å². The van der Waals surface area contributed by atoms with Gasteiger partial charge in [0.05, 0.1) is 5.39 Å². The Morgan fingerprint density at radius 2 is 2.24 bits per heavy atom. The van der Waals surface area contributed by atoms with Crippen molar-refractivity contribution in [3.63, 3.8) is 0 Å². The Hall–Kier alpha value is -1.01. The van der Waals surface area contributed by atoms with Crippen LogP contribution >= 0.6 is 23.1 Å². The van der Waals surface area contributed by atoms with Gasteiger partial charge >= 0.3 is 0 Å². The van der Waals surface area contributed by atoms with E-state index in [0.29, 0.717) is 6.04 Å². The maximum atomic E-state index is 4.71. The van der Waals surface area contributed by atoms with Crippen LogP contribution in [0.4, 0.5) is 11.8 Å². The predicted molar refractivity (Wildman–Crippen MR) is 94.9 cm³/mol. The van der Waals surface area contributed by atoms with Crippen LogP contribution < -0.4 is 10.6 Å². The molecule has 0 amide bonds. The van der Waals surface area contributed by atoms with Crippen molar-refractivity contribution in [2.24, 2.45) is 0 Å². The van der Waals surface area contributed by atoms with Gasteiger partial charge in [-0.1, -0.05) is 13.8 Å². The van der Waals surface area contributed by atoms with Gasteiger partial charge in [0, 0.05) is 23.2 Å². The topological polar surface area (TPSA) is 49.8 Å². The third kappa shape index (κ3) is 3.43. The number of aryl methyl sites for hydroxylation is 1. The molecule has 1 atom stereocenters. The molecule has 4 nitrogen and oxygen atoms in total. The van der Waals surface area contributed by atoms with E-state index in [9.17, 15) is 0 Å². The zero-order valence-corrected chi connectivity index (χ0v) is 14.2. The molecule has 1 saturated heterocycles. The highest BCUT2D eigenvalue weighted by Gasteiger charge is 2.18. The lowest BCUT2D eigenvalue weighted by Crippen LogP contribution is -2.19. The van der Waals surface area contributed by atoms with Crippen LogP contribution in [0.25, 0.3) is 10.2 Å². The van der Waals surface area contributed by atoms with Gasteiger partial charge in [-0.15, -0.1) is 11.3 Å². The van der Waals surface area contributed by atoms with Crippen LogP contribution in [0.2, 0.25) is 0 Å². The third-order valence-corrected chi connectivity index (χ3v) is 5.93. The molecule has 6 heteroatoms. The Labute approximate surface area is 134 Å². The average molecular weight is 323 g/mol. The number of rotatable bonds is 6. The molecule has 0 saturated carbocycles. The highest BCUT2D eigenvalue weighted by molar-refractivity contribution is 7.99. The van der Waals surface area contributed by atoms with E-state index in [1.807, 2.05) is 11.8 Å². The summed E-state index contributed by atoms with van der Waals surface area (Å²) in [7, 11) is 0. The summed E-state index contributed by atoms with van der Waals surface area (Å²) in [6.45, 7) is 5.26. The number of anilines is 2. The molecule has 2 aromatic heterocycles. The molecule has 21 heavy (non-hydrogen) atoms. The molecule has 0 spiro atoms. The lowest BCUT2D eigenvalue weighted by molar-refractivity contribution is 0.808. The van der Waals surface area contributed by atoms with Crippen molar-refractivity contribution < 1.29 is 0 Å².